The third kappa shape index (κ3) is 7.31. The zero-order valence-corrected chi connectivity index (χ0v) is 16.4. The van der Waals surface area contributed by atoms with E-state index in [9.17, 15) is 18.0 Å². The second-order valence-corrected chi connectivity index (χ2v) is 6.98. The molecule has 1 fully saturated rings. The molecule has 0 unspecified atom stereocenters. The predicted octanol–water partition coefficient (Wildman–Crippen LogP) is 4.45. The summed E-state index contributed by atoms with van der Waals surface area (Å²) < 4.78 is 44.9. The van der Waals surface area contributed by atoms with Crippen LogP contribution in [-0.4, -0.2) is 61.8 Å². The molecule has 1 heterocycles. The number of rotatable bonds is 9. The van der Waals surface area contributed by atoms with Crippen LogP contribution in [-0.2, 0) is 10.9 Å². The number of nitrogens with one attached hydrogen (secondary N) is 1. The molecule has 0 aliphatic carbocycles. The molecule has 1 N–H and O–H groups in total. The minimum absolute atomic E-state index is 0.204. The first kappa shape index (κ1) is 22.5. The van der Waals surface area contributed by atoms with Gasteiger partial charge in [0.1, 0.15) is 0 Å². The van der Waals surface area contributed by atoms with Crippen LogP contribution in [0.25, 0.3) is 0 Å². The summed E-state index contributed by atoms with van der Waals surface area (Å²) in [7, 11) is 0. The number of urea groups is 1. The second kappa shape index (κ2) is 11.3. The van der Waals surface area contributed by atoms with E-state index in [-0.39, 0.29) is 5.69 Å². The molecular formula is C20H30F3N3O2. The Morgan fingerprint density at radius 3 is 2.54 bits per heavy atom. The van der Waals surface area contributed by atoms with Gasteiger partial charge in [-0.25, -0.2) is 4.79 Å². The predicted molar refractivity (Wildman–Crippen MR) is 103 cm³/mol. The van der Waals surface area contributed by atoms with Crippen LogP contribution < -0.4 is 5.32 Å². The van der Waals surface area contributed by atoms with Gasteiger partial charge in [-0.3, -0.25) is 4.90 Å². The molecule has 8 heteroatoms. The quantitative estimate of drug-likeness (QED) is 0.622. The van der Waals surface area contributed by atoms with Crippen molar-refractivity contribution >= 4 is 11.7 Å². The number of ether oxygens (including phenoxy) is 1. The van der Waals surface area contributed by atoms with Crippen molar-refractivity contribution in [3.63, 3.8) is 0 Å². The van der Waals surface area contributed by atoms with Gasteiger partial charge >= 0.3 is 12.2 Å². The van der Waals surface area contributed by atoms with Gasteiger partial charge < -0.3 is 15.0 Å². The molecule has 0 atom stereocenters. The van der Waals surface area contributed by atoms with Gasteiger partial charge in [0.25, 0.3) is 0 Å². The minimum Gasteiger partial charge on any atom is -0.379 e. The number of halogens is 3. The van der Waals surface area contributed by atoms with Crippen molar-refractivity contribution in [3.8, 4) is 0 Å². The summed E-state index contributed by atoms with van der Waals surface area (Å²) >= 11 is 0. The maximum atomic E-state index is 13.2. The van der Waals surface area contributed by atoms with E-state index in [0.717, 1.165) is 44.8 Å². The van der Waals surface area contributed by atoms with E-state index >= 15 is 0 Å². The number of para-hydroxylation sites is 1. The molecule has 1 aliphatic rings. The second-order valence-electron chi connectivity index (χ2n) is 6.98. The Morgan fingerprint density at radius 1 is 1.14 bits per heavy atom. The van der Waals surface area contributed by atoms with Crippen LogP contribution in [0, 0.1) is 0 Å². The summed E-state index contributed by atoms with van der Waals surface area (Å²) in [5.74, 6) is 0. The summed E-state index contributed by atoms with van der Waals surface area (Å²) in [6, 6.07) is 4.60. The van der Waals surface area contributed by atoms with Crippen molar-refractivity contribution < 1.29 is 22.7 Å². The number of unbranched alkanes of at least 4 members (excludes halogenated alkanes) is 3. The van der Waals surface area contributed by atoms with E-state index in [1.54, 1.807) is 4.90 Å². The highest BCUT2D eigenvalue weighted by Crippen LogP contribution is 2.34. The lowest BCUT2D eigenvalue weighted by molar-refractivity contribution is -0.136. The molecule has 0 spiro atoms. The standard InChI is InChI=1S/C20H30F3N3O2/c1-2-3-4-7-10-26(12-11-25-13-15-28-16-14-25)19(27)24-18-9-6-5-8-17(18)20(21,22)23/h5-6,8-9H,2-4,7,10-16H2,1H3,(H,24,27). The Bertz CT molecular complexity index is 605. The third-order valence-electron chi connectivity index (χ3n) is 4.83. The Labute approximate surface area is 164 Å². The number of amides is 2. The number of nitrogens with zero attached hydrogens (tertiary/aromatic N) is 2. The number of hydrogen-bond acceptors (Lipinski definition) is 3. The monoisotopic (exact) mass is 401 g/mol. The molecule has 0 radical (unpaired) electrons. The smallest absolute Gasteiger partial charge is 0.379 e. The summed E-state index contributed by atoms with van der Waals surface area (Å²) in [4.78, 5) is 16.6. The van der Waals surface area contributed by atoms with Crippen molar-refractivity contribution in [2.45, 2.75) is 38.8 Å². The third-order valence-corrected chi connectivity index (χ3v) is 4.83. The lowest BCUT2D eigenvalue weighted by Gasteiger charge is -2.30. The average Bonchev–Trinajstić information content (AvgIpc) is 2.67. The van der Waals surface area contributed by atoms with Gasteiger partial charge in [-0.1, -0.05) is 38.3 Å². The molecule has 2 amide bonds. The molecular weight excluding hydrogens is 371 g/mol. The topological polar surface area (TPSA) is 44.8 Å². The van der Waals surface area contributed by atoms with Crippen molar-refractivity contribution in [1.29, 1.82) is 0 Å². The first-order valence-electron chi connectivity index (χ1n) is 9.94. The van der Waals surface area contributed by atoms with Crippen molar-refractivity contribution in [1.82, 2.24) is 9.80 Å². The van der Waals surface area contributed by atoms with E-state index in [1.165, 1.54) is 18.2 Å². The van der Waals surface area contributed by atoms with Crippen molar-refractivity contribution in [2.75, 3.05) is 51.3 Å². The summed E-state index contributed by atoms with van der Waals surface area (Å²) in [5.41, 5.74) is -1.03. The fourth-order valence-electron chi connectivity index (χ4n) is 3.16. The number of morpholine rings is 1. The normalized spacial score (nSPS) is 15.4. The largest absolute Gasteiger partial charge is 0.418 e. The van der Waals surface area contributed by atoms with Crippen molar-refractivity contribution in [2.24, 2.45) is 0 Å². The molecule has 2 rings (SSSR count). The van der Waals surface area contributed by atoms with Gasteiger partial charge in [0.05, 0.1) is 24.5 Å². The van der Waals surface area contributed by atoms with Crippen LogP contribution in [0.15, 0.2) is 24.3 Å². The van der Waals surface area contributed by atoms with Crippen LogP contribution >= 0.6 is 0 Å². The fraction of sp³-hybridized carbons (Fsp3) is 0.650. The number of hydrogen-bond donors (Lipinski definition) is 1. The number of carbonyl (C=O) groups excluding carboxylic acids is 1. The van der Waals surface area contributed by atoms with Gasteiger partial charge in [-0.05, 0) is 18.6 Å². The highest BCUT2D eigenvalue weighted by atomic mass is 19.4. The maximum Gasteiger partial charge on any atom is 0.418 e. The number of carbonyl (C=O) groups is 1. The Morgan fingerprint density at radius 2 is 1.86 bits per heavy atom. The van der Waals surface area contributed by atoms with Gasteiger partial charge in [0.2, 0.25) is 0 Å². The van der Waals surface area contributed by atoms with E-state index in [0.29, 0.717) is 32.8 Å². The Kier molecular flexibility index (Phi) is 9.05. The Balaban J connectivity index is 2.00. The van der Waals surface area contributed by atoms with E-state index in [4.69, 9.17) is 4.74 Å². The molecule has 5 nitrogen and oxygen atoms in total. The molecule has 28 heavy (non-hydrogen) atoms. The first-order valence-corrected chi connectivity index (χ1v) is 9.94. The van der Waals surface area contributed by atoms with Crippen LogP contribution in [0.1, 0.15) is 38.2 Å². The van der Waals surface area contributed by atoms with Gasteiger partial charge in [0.15, 0.2) is 0 Å². The molecule has 0 aromatic heterocycles. The maximum absolute atomic E-state index is 13.2. The highest BCUT2D eigenvalue weighted by Gasteiger charge is 2.33. The highest BCUT2D eigenvalue weighted by molar-refractivity contribution is 5.90. The van der Waals surface area contributed by atoms with E-state index in [2.05, 4.69) is 17.1 Å². The van der Waals surface area contributed by atoms with Gasteiger partial charge in [-0.2, -0.15) is 13.2 Å². The van der Waals surface area contributed by atoms with E-state index < -0.39 is 17.8 Å². The van der Waals surface area contributed by atoms with E-state index in [1.807, 2.05) is 0 Å². The fourth-order valence-corrected chi connectivity index (χ4v) is 3.16. The molecule has 1 aliphatic heterocycles. The SMILES string of the molecule is CCCCCCN(CCN1CCOCC1)C(=O)Nc1ccccc1C(F)(F)F. The van der Waals surface area contributed by atoms with Crippen LogP contribution in [0.3, 0.4) is 0 Å². The number of alkyl halides is 3. The lowest BCUT2D eigenvalue weighted by Crippen LogP contribution is -2.44. The lowest BCUT2D eigenvalue weighted by atomic mass is 10.1. The zero-order valence-electron chi connectivity index (χ0n) is 16.4. The summed E-state index contributed by atoms with van der Waals surface area (Å²) in [6.07, 6.45) is -0.513. The summed E-state index contributed by atoms with van der Waals surface area (Å²) in [6.45, 7) is 6.76. The zero-order chi connectivity index (χ0) is 20.4. The van der Waals surface area contributed by atoms with Crippen LogP contribution in [0.5, 0.6) is 0 Å². The van der Waals surface area contributed by atoms with Crippen LogP contribution in [0.4, 0.5) is 23.7 Å². The molecule has 1 aromatic carbocycles. The molecule has 0 bridgehead atoms. The molecule has 0 saturated carbocycles. The first-order chi connectivity index (χ1) is 13.4. The number of anilines is 1. The van der Waals surface area contributed by atoms with Gasteiger partial charge in [-0.15, -0.1) is 0 Å². The Hall–Kier alpha value is -1.80. The van der Waals surface area contributed by atoms with Crippen molar-refractivity contribution in [3.05, 3.63) is 29.8 Å². The summed E-state index contributed by atoms with van der Waals surface area (Å²) in [5, 5.41) is 2.47. The van der Waals surface area contributed by atoms with Crippen LogP contribution in [0.2, 0.25) is 0 Å². The minimum atomic E-state index is -4.51. The average molecular weight is 401 g/mol. The molecule has 1 saturated heterocycles. The number of benzene rings is 1. The van der Waals surface area contributed by atoms with Gasteiger partial charge in [0, 0.05) is 32.7 Å². The molecule has 158 valence electrons. The molecule has 1 aromatic rings.